The summed E-state index contributed by atoms with van der Waals surface area (Å²) in [5.41, 5.74) is 0.0570. The largest absolute Gasteiger partial charge is 0.478 e. The Bertz CT molecular complexity index is 1100. The first-order valence-electron chi connectivity index (χ1n) is 7.16. The number of nitrogens with zero attached hydrogens (tertiary/aromatic N) is 4. The number of hydrogen-bond donors (Lipinski definition) is 2. The molecule has 0 aliphatic heterocycles. The summed E-state index contributed by atoms with van der Waals surface area (Å²) in [6, 6.07) is 8.87. The minimum atomic E-state index is -4.12. The molecular formula is C15H12FN5O4S. The van der Waals surface area contributed by atoms with Crippen molar-refractivity contribution in [2.45, 2.75) is 4.90 Å². The van der Waals surface area contributed by atoms with Gasteiger partial charge in [-0.1, -0.05) is 12.1 Å². The Kier molecular flexibility index (Phi) is 4.38. The molecule has 0 spiro atoms. The number of anilines is 1. The second-order valence-corrected chi connectivity index (χ2v) is 6.94. The van der Waals surface area contributed by atoms with E-state index in [1.54, 1.807) is 19.2 Å². The van der Waals surface area contributed by atoms with Gasteiger partial charge in [-0.05, 0) is 40.8 Å². The Balaban J connectivity index is 1.95. The van der Waals surface area contributed by atoms with Crippen LogP contribution in [0.3, 0.4) is 0 Å². The lowest BCUT2D eigenvalue weighted by Gasteiger charge is -2.10. The van der Waals surface area contributed by atoms with Crippen molar-refractivity contribution in [3.8, 4) is 11.4 Å². The molecule has 0 amide bonds. The van der Waals surface area contributed by atoms with Crippen molar-refractivity contribution < 1.29 is 22.7 Å². The second-order valence-electron chi connectivity index (χ2n) is 5.26. The van der Waals surface area contributed by atoms with Crippen LogP contribution in [0, 0.1) is 5.82 Å². The predicted molar refractivity (Wildman–Crippen MR) is 88.4 cm³/mol. The van der Waals surface area contributed by atoms with Gasteiger partial charge in [0.2, 0.25) is 0 Å². The van der Waals surface area contributed by atoms with Crippen LogP contribution < -0.4 is 4.72 Å². The Hall–Kier alpha value is -3.34. The third kappa shape index (κ3) is 3.37. The lowest BCUT2D eigenvalue weighted by molar-refractivity contribution is 0.0691. The molecule has 0 saturated heterocycles. The summed E-state index contributed by atoms with van der Waals surface area (Å²) in [5.74, 6) is -2.15. The first-order chi connectivity index (χ1) is 12.3. The van der Waals surface area contributed by atoms with Gasteiger partial charge < -0.3 is 5.11 Å². The van der Waals surface area contributed by atoms with Crippen molar-refractivity contribution in [3.05, 3.63) is 53.8 Å². The number of sulfonamides is 1. The van der Waals surface area contributed by atoms with E-state index in [4.69, 9.17) is 5.11 Å². The molecule has 9 nitrogen and oxygen atoms in total. The number of rotatable bonds is 5. The summed E-state index contributed by atoms with van der Waals surface area (Å²) in [5, 5.41) is 20.0. The van der Waals surface area contributed by atoms with Crippen molar-refractivity contribution in [2.24, 2.45) is 7.05 Å². The van der Waals surface area contributed by atoms with E-state index in [0.717, 1.165) is 18.2 Å². The summed E-state index contributed by atoms with van der Waals surface area (Å²) in [6.45, 7) is 0. The van der Waals surface area contributed by atoms with Gasteiger partial charge in [0.25, 0.3) is 10.0 Å². The topological polar surface area (TPSA) is 127 Å². The molecule has 0 fully saturated rings. The van der Waals surface area contributed by atoms with Crippen LogP contribution in [0.15, 0.2) is 47.4 Å². The Morgan fingerprint density at radius 1 is 1.23 bits per heavy atom. The van der Waals surface area contributed by atoms with Crippen LogP contribution in [0.5, 0.6) is 0 Å². The van der Waals surface area contributed by atoms with E-state index >= 15 is 0 Å². The minimum Gasteiger partial charge on any atom is -0.478 e. The fourth-order valence-corrected chi connectivity index (χ4v) is 3.32. The highest BCUT2D eigenvalue weighted by Gasteiger charge is 2.19. The molecule has 11 heteroatoms. The maximum absolute atomic E-state index is 13.5. The lowest BCUT2D eigenvalue weighted by atomic mass is 10.2. The van der Waals surface area contributed by atoms with Gasteiger partial charge in [0.05, 0.1) is 10.5 Å². The normalized spacial score (nSPS) is 11.3. The maximum atomic E-state index is 13.5. The van der Waals surface area contributed by atoms with Gasteiger partial charge in [-0.25, -0.2) is 22.3 Å². The van der Waals surface area contributed by atoms with Crippen LogP contribution in [-0.4, -0.2) is 39.7 Å². The number of carbonyl (C=O) groups is 1. The molecule has 0 bridgehead atoms. The zero-order valence-electron chi connectivity index (χ0n) is 13.3. The summed E-state index contributed by atoms with van der Waals surface area (Å²) < 4.78 is 42.2. The van der Waals surface area contributed by atoms with Crippen LogP contribution in [0.25, 0.3) is 11.4 Å². The van der Waals surface area contributed by atoms with Crippen LogP contribution in [-0.2, 0) is 17.1 Å². The number of carboxylic acids is 1. The Labute approximate surface area is 147 Å². The molecule has 2 aromatic carbocycles. The molecule has 0 saturated carbocycles. The minimum absolute atomic E-state index is 0.215. The summed E-state index contributed by atoms with van der Waals surface area (Å²) >= 11 is 0. The highest BCUT2D eigenvalue weighted by Crippen LogP contribution is 2.23. The fraction of sp³-hybridized carbons (Fsp3) is 0.0667. The molecule has 3 aromatic rings. The second kappa shape index (κ2) is 6.52. The number of tetrazole rings is 1. The van der Waals surface area contributed by atoms with Gasteiger partial charge in [0.1, 0.15) is 5.82 Å². The number of nitrogens with one attached hydrogen (secondary N) is 1. The molecule has 0 atom stereocenters. The van der Waals surface area contributed by atoms with Crippen molar-refractivity contribution in [1.29, 1.82) is 0 Å². The zero-order valence-corrected chi connectivity index (χ0v) is 14.1. The smallest absolute Gasteiger partial charge is 0.338 e. The molecule has 1 aromatic heterocycles. The highest BCUT2D eigenvalue weighted by molar-refractivity contribution is 7.92. The molecule has 1 heterocycles. The number of aromatic nitrogens is 4. The Morgan fingerprint density at radius 2 is 2.00 bits per heavy atom. The van der Waals surface area contributed by atoms with Gasteiger partial charge in [-0.15, -0.1) is 5.10 Å². The number of aromatic carboxylic acids is 1. The molecule has 0 aliphatic rings. The van der Waals surface area contributed by atoms with E-state index in [1.807, 2.05) is 0 Å². The number of carboxylic acid groups (broad SMARTS) is 1. The van der Waals surface area contributed by atoms with Gasteiger partial charge in [-0.3, -0.25) is 4.72 Å². The summed E-state index contributed by atoms with van der Waals surface area (Å²) in [7, 11) is -2.48. The number of halogens is 1. The monoisotopic (exact) mass is 377 g/mol. The van der Waals surface area contributed by atoms with Crippen molar-refractivity contribution in [1.82, 2.24) is 20.2 Å². The lowest BCUT2D eigenvalue weighted by Crippen LogP contribution is -2.14. The first-order valence-corrected chi connectivity index (χ1v) is 8.65. The summed E-state index contributed by atoms with van der Waals surface area (Å²) in [6.07, 6.45) is 0. The molecule has 3 rings (SSSR count). The molecule has 0 radical (unpaired) electrons. The molecule has 26 heavy (non-hydrogen) atoms. The number of hydrogen-bond acceptors (Lipinski definition) is 6. The van der Waals surface area contributed by atoms with Crippen molar-refractivity contribution in [3.63, 3.8) is 0 Å². The van der Waals surface area contributed by atoms with Crippen molar-refractivity contribution in [2.75, 3.05) is 4.72 Å². The Morgan fingerprint density at radius 3 is 2.65 bits per heavy atom. The third-order valence-electron chi connectivity index (χ3n) is 3.47. The van der Waals surface area contributed by atoms with Gasteiger partial charge in [0, 0.05) is 18.3 Å². The maximum Gasteiger partial charge on any atom is 0.338 e. The van der Waals surface area contributed by atoms with E-state index in [1.165, 1.54) is 16.8 Å². The van der Waals surface area contributed by atoms with Gasteiger partial charge in [0.15, 0.2) is 5.82 Å². The number of aryl methyl sites for hydroxylation is 1. The van der Waals surface area contributed by atoms with Gasteiger partial charge in [-0.2, -0.15) is 0 Å². The van der Waals surface area contributed by atoms with Crippen LogP contribution in [0.4, 0.5) is 10.1 Å². The first kappa shape index (κ1) is 17.5. The van der Waals surface area contributed by atoms with E-state index < -0.39 is 27.4 Å². The van der Waals surface area contributed by atoms with E-state index in [-0.39, 0.29) is 10.6 Å². The molecule has 2 N–H and O–H groups in total. The average Bonchev–Trinajstić information content (AvgIpc) is 3.00. The van der Waals surface area contributed by atoms with Crippen molar-refractivity contribution >= 4 is 21.7 Å². The van der Waals surface area contributed by atoms with E-state index in [2.05, 4.69) is 20.2 Å². The third-order valence-corrected chi connectivity index (χ3v) is 4.85. The van der Waals surface area contributed by atoms with Crippen LogP contribution in [0.2, 0.25) is 0 Å². The zero-order chi connectivity index (χ0) is 18.9. The number of benzene rings is 2. The van der Waals surface area contributed by atoms with Crippen LogP contribution in [0.1, 0.15) is 10.4 Å². The molecule has 0 unspecified atom stereocenters. The average molecular weight is 377 g/mol. The molecular weight excluding hydrogens is 365 g/mol. The predicted octanol–water partition coefficient (Wildman–Crippen LogP) is 1.52. The highest BCUT2D eigenvalue weighted by atomic mass is 32.2. The van der Waals surface area contributed by atoms with Crippen LogP contribution >= 0.6 is 0 Å². The molecule has 0 aliphatic carbocycles. The van der Waals surface area contributed by atoms with E-state index in [0.29, 0.717) is 11.4 Å². The fourth-order valence-electron chi connectivity index (χ4n) is 2.25. The standard InChI is InChI=1S/C15H12FN5O4S/c1-21-14(17-19-20-21)9-3-2-4-10(7-9)18-26(24,25)11-5-6-13(16)12(8-11)15(22)23/h2-8,18H,1H3,(H,22,23). The SMILES string of the molecule is Cn1nnnc1-c1cccc(NS(=O)(=O)c2ccc(F)c(C(=O)O)c2)c1. The van der Waals surface area contributed by atoms with Gasteiger partial charge >= 0.3 is 5.97 Å². The summed E-state index contributed by atoms with van der Waals surface area (Å²) in [4.78, 5) is 10.6. The quantitative estimate of drug-likeness (QED) is 0.690. The molecule has 134 valence electrons. The van der Waals surface area contributed by atoms with E-state index in [9.17, 15) is 17.6 Å².